The molecule has 0 saturated heterocycles. The second kappa shape index (κ2) is 7.17. The number of fused-ring (bicyclic) bond motifs is 1. The Morgan fingerprint density at radius 1 is 1.18 bits per heavy atom. The molecule has 0 radical (unpaired) electrons. The zero-order valence-corrected chi connectivity index (χ0v) is 13.0. The maximum atomic E-state index is 12.1. The fourth-order valence-corrected chi connectivity index (χ4v) is 2.11. The van der Waals surface area contributed by atoms with Gasteiger partial charge in [-0.25, -0.2) is 4.98 Å². The molecule has 0 aliphatic heterocycles. The lowest BCUT2D eigenvalue weighted by Gasteiger charge is -2.14. The van der Waals surface area contributed by atoms with Crippen molar-refractivity contribution in [2.75, 3.05) is 13.2 Å². The molecular formula is C15H15ClN2O4. The van der Waals surface area contributed by atoms with Crippen LogP contribution >= 0.6 is 11.6 Å². The van der Waals surface area contributed by atoms with Gasteiger partial charge in [0.15, 0.2) is 5.92 Å². The minimum atomic E-state index is -1.21. The van der Waals surface area contributed by atoms with Gasteiger partial charge in [-0.15, -0.1) is 0 Å². The summed E-state index contributed by atoms with van der Waals surface area (Å²) in [5.41, 5.74) is 0.794. The van der Waals surface area contributed by atoms with Crippen LogP contribution in [0, 0.1) is 0 Å². The predicted octanol–water partition coefficient (Wildman–Crippen LogP) is 2.49. The summed E-state index contributed by atoms with van der Waals surface area (Å²) in [6.45, 7) is 3.66. The Hall–Kier alpha value is -2.21. The third kappa shape index (κ3) is 3.51. The van der Waals surface area contributed by atoms with Crippen molar-refractivity contribution in [2.45, 2.75) is 19.8 Å². The summed E-state index contributed by atoms with van der Waals surface area (Å²) < 4.78 is 9.89. The van der Waals surface area contributed by atoms with E-state index in [0.717, 1.165) is 5.39 Å². The molecule has 0 spiro atoms. The minimum absolute atomic E-state index is 0.165. The van der Waals surface area contributed by atoms with Crippen LogP contribution < -0.4 is 0 Å². The number of pyridine rings is 2. The molecule has 0 bridgehead atoms. The van der Waals surface area contributed by atoms with Crippen molar-refractivity contribution in [3.63, 3.8) is 0 Å². The summed E-state index contributed by atoms with van der Waals surface area (Å²) in [5, 5.41) is 1.03. The molecular weight excluding hydrogens is 308 g/mol. The largest absolute Gasteiger partial charge is 0.465 e. The average molecular weight is 323 g/mol. The highest BCUT2D eigenvalue weighted by Crippen LogP contribution is 2.22. The lowest BCUT2D eigenvalue weighted by molar-refractivity contribution is -0.157. The van der Waals surface area contributed by atoms with Gasteiger partial charge in [-0.05, 0) is 26.0 Å². The first kappa shape index (κ1) is 16.2. The number of aromatic nitrogens is 2. The van der Waals surface area contributed by atoms with Crippen LogP contribution in [0.4, 0.5) is 0 Å². The smallest absolute Gasteiger partial charge is 0.326 e. The Morgan fingerprint density at radius 2 is 1.82 bits per heavy atom. The van der Waals surface area contributed by atoms with Gasteiger partial charge in [0, 0.05) is 17.6 Å². The summed E-state index contributed by atoms with van der Waals surface area (Å²) in [7, 11) is 0. The fourth-order valence-electron chi connectivity index (χ4n) is 1.96. The van der Waals surface area contributed by atoms with E-state index in [0.29, 0.717) is 5.52 Å². The summed E-state index contributed by atoms with van der Waals surface area (Å²) in [6, 6.07) is 4.86. The van der Waals surface area contributed by atoms with E-state index in [-0.39, 0.29) is 24.1 Å². The van der Waals surface area contributed by atoms with Crippen LogP contribution in [0.1, 0.15) is 25.5 Å². The molecule has 2 rings (SSSR count). The van der Waals surface area contributed by atoms with Crippen molar-refractivity contribution in [1.29, 1.82) is 0 Å². The normalized spacial score (nSPS) is 10.7. The first-order valence-corrected chi connectivity index (χ1v) is 7.20. The van der Waals surface area contributed by atoms with Crippen LogP contribution in [0.25, 0.3) is 10.9 Å². The molecule has 0 saturated carbocycles. The molecule has 0 aliphatic carbocycles. The van der Waals surface area contributed by atoms with Crippen molar-refractivity contribution in [3.8, 4) is 0 Å². The molecule has 0 amide bonds. The van der Waals surface area contributed by atoms with Gasteiger partial charge in [0.1, 0.15) is 5.15 Å². The standard InChI is InChI=1S/C15H15ClN2O4/c1-3-21-14(19)13(15(20)22-4-2)10-6-5-9-8-17-12(16)7-11(9)18-10/h5-8,13H,3-4H2,1-2H3. The molecule has 22 heavy (non-hydrogen) atoms. The Morgan fingerprint density at radius 3 is 2.41 bits per heavy atom. The zero-order chi connectivity index (χ0) is 16.1. The van der Waals surface area contributed by atoms with Crippen LogP contribution in [-0.4, -0.2) is 35.1 Å². The molecule has 2 aromatic heterocycles. The van der Waals surface area contributed by atoms with Crippen LogP contribution in [0.3, 0.4) is 0 Å². The molecule has 0 aromatic carbocycles. The van der Waals surface area contributed by atoms with E-state index in [1.807, 2.05) is 0 Å². The number of nitrogens with zero attached hydrogens (tertiary/aromatic N) is 2. The quantitative estimate of drug-likeness (QED) is 0.478. The second-order valence-corrected chi connectivity index (χ2v) is 4.76. The van der Waals surface area contributed by atoms with E-state index >= 15 is 0 Å². The number of rotatable bonds is 5. The third-order valence-corrected chi connectivity index (χ3v) is 3.11. The SMILES string of the molecule is CCOC(=O)C(C(=O)OCC)c1ccc2cnc(Cl)cc2n1. The monoisotopic (exact) mass is 322 g/mol. The van der Waals surface area contributed by atoms with Gasteiger partial charge in [-0.1, -0.05) is 11.6 Å². The average Bonchev–Trinajstić information content (AvgIpc) is 2.47. The second-order valence-electron chi connectivity index (χ2n) is 4.37. The molecule has 7 heteroatoms. The highest BCUT2D eigenvalue weighted by atomic mass is 35.5. The van der Waals surface area contributed by atoms with Gasteiger partial charge < -0.3 is 9.47 Å². The highest BCUT2D eigenvalue weighted by Gasteiger charge is 2.32. The van der Waals surface area contributed by atoms with Crippen LogP contribution in [0.15, 0.2) is 24.4 Å². The van der Waals surface area contributed by atoms with E-state index in [4.69, 9.17) is 21.1 Å². The maximum Gasteiger partial charge on any atom is 0.326 e. The topological polar surface area (TPSA) is 78.4 Å². The predicted molar refractivity (Wildman–Crippen MR) is 80.6 cm³/mol. The van der Waals surface area contributed by atoms with Crippen LogP contribution in [-0.2, 0) is 19.1 Å². The van der Waals surface area contributed by atoms with Crippen molar-refractivity contribution in [2.24, 2.45) is 0 Å². The summed E-state index contributed by atoms with van der Waals surface area (Å²) in [5.74, 6) is -2.59. The van der Waals surface area contributed by atoms with Gasteiger partial charge in [0.25, 0.3) is 0 Å². The number of carbonyl (C=O) groups is 2. The lowest BCUT2D eigenvalue weighted by Crippen LogP contribution is -2.27. The molecule has 0 unspecified atom stereocenters. The summed E-state index contributed by atoms with van der Waals surface area (Å²) >= 11 is 5.84. The number of carbonyl (C=O) groups excluding carboxylic acids is 2. The number of ether oxygens (including phenoxy) is 2. The zero-order valence-electron chi connectivity index (χ0n) is 12.2. The van der Waals surface area contributed by atoms with Crippen molar-refractivity contribution in [3.05, 3.63) is 35.2 Å². The number of hydrogen-bond donors (Lipinski definition) is 0. The number of hydrogen-bond acceptors (Lipinski definition) is 6. The van der Waals surface area contributed by atoms with Crippen molar-refractivity contribution < 1.29 is 19.1 Å². The minimum Gasteiger partial charge on any atom is -0.465 e. The highest BCUT2D eigenvalue weighted by molar-refractivity contribution is 6.30. The molecule has 2 aromatic rings. The van der Waals surface area contributed by atoms with Crippen LogP contribution in [0.2, 0.25) is 5.15 Å². The first-order chi connectivity index (χ1) is 10.6. The van der Waals surface area contributed by atoms with Gasteiger partial charge in [0.05, 0.1) is 24.4 Å². The number of esters is 2. The molecule has 0 atom stereocenters. The van der Waals surface area contributed by atoms with Crippen LogP contribution in [0.5, 0.6) is 0 Å². The van der Waals surface area contributed by atoms with Gasteiger partial charge >= 0.3 is 11.9 Å². The summed E-state index contributed by atoms with van der Waals surface area (Å²) in [6.07, 6.45) is 1.57. The van der Waals surface area contributed by atoms with Gasteiger partial charge in [-0.2, -0.15) is 0 Å². The lowest BCUT2D eigenvalue weighted by atomic mass is 10.0. The Labute approximate surface area is 132 Å². The third-order valence-electron chi connectivity index (χ3n) is 2.90. The van der Waals surface area contributed by atoms with E-state index in [1.165, 1.54) is 0 Å². The van der Waals surface area contributed by atoms with E-state index in [9.17, 15) is 9.59 Å². The van der Waals surface area contributed by atoms with Crippen molar-refractivity contribution >= 4 is 34.4 Å². The molecule has 0 N–H and O–H groups in total. The van der Waals surface area contributed by atoms with E-state index in [2.05, 4.69) is 9.97 Å². The molecule has 116 valence electrons. The summed E-state index contributed by atoms with van der Waals surface area (Å²) in [4.78, 5) is 32.4. The molecule has 0 aliphatic rings. The Bertz CT molecular complexity index is 687. The van der Waals surface area contributed by atoms with Gasteiger partial charge in [0.2, 0.25) is 0 Å². The maximum absolute atomic E-state index is 12.1. The molecule has 2 heterocycles. The molecule has 0 fully saturated rings. The van der Waals surface area contributed by atoms with Crippen molar-refractivity contribution in [1.82, 2.24) is 9.97 Å². The Kier molecular flexibility index (Phi) is 5.27. The van der Waals surface area contributed by atoms with E-state index < -0.39 is 17.9 Å². The molecule has 6 nitrogen and oxygen atoms in total. The number of halogens is 1. The van der Waals surface area contributed by atoms with Gasteiger partial charge in [-0.3, -0.25) is 14.6 Å². The van der Waals surface area contributed by atoms with E-state index in [1.54, 1.807) is 38.2 Å². The fraction of sp³-hybridized carbons (Fsp3) is 0.333. The first-order valence-electron chi connectivity index (χ1n) is 6.82. The Balaban J connectivity index is 2.45.